The summed E-state index contributed by atoms with van der Waals surface area (Å²) >= 11 is 0. The highest BCUT2D eigenvalue weighted by Gasteiger charge is 2.14. The highest BCUT2D eigenvalue weighted by atomic mass is 14.2. The van der Waals surface area contributed by atoms with Gasteiger partial charge in [-0.15, -0.1) is 0 Å². The first-order chi connectivity index (χ1) is 5.24. The van der Waals surface area contributed by atoms with Gasteiger partial charge in [0.25, 0.3) is 0 Å². The highest BCUT2D eigenvalue weighted by Crippen LogP contribution is 2.31. The fourth-order valence-electron chi connectivity index (χ4n) is 1.93. The van der Waals surface area contributed by atoms with Gasteiger partial charge in [-0.05, 0) is 45.4 Å². The van der Waals surface area contributed by atoms with Gasteiger partial charge in [-0.1, -0.05) is 24.5 Å². The van der Waals surface area contributed by atoms with Crippen LogP contribution in [-0.4, -0.2) is 0 Å². The Balaban J connectivity index is 2.42. The minimum absolute atomic E-state index is 1.03. The van der Waals surface area contributed by atoms with Crippen molar-refractivity contribution in [2.75, 3.05) is 0 Å². The fraction of sp³-hybridized carbons (Fsp3) is 0.818. The molecule has 0 aromatic carbocycles. The molecule has 0 unspecified atom stereocenters. The van der Waals surface area contributed by atoms with Crippen LogP contribution in [0, 0.1) is 5.92 Å². The highest BCUT2D eigenvalue weighted by molar-refractivity contribution is 5.11. The molecule has 0 amide bonds. The summed E-state index contributed by atoms with van der Waals surface area (Å²) in [5, 5.41) is 0. The van der Waals surface area contributed by atoms with E-state index in [1.165, 1.54) is 32.1 Å². The predicted octanol–water partition coefficient (Wildman–Crippen LogP) is 3.92. The molecule has 0 heteroatoms. The standard InChI is InChI=1S/C11H20/c1-4-10-5-7-11(8-6-10)9(2)3/h10H,4-8H2,1-3H3. The molecule has 0 saturated heterocycles. The van der Waals surface area contributed by atoms with Crippen molar-refractivity contribution >= 4 is 0 Å². The second-order valence-electron chi connectivity index (χ2n) is 3.96. The van der Waals surface area contributed by atoms with E-state index in [0.717, 1.165) is 5.92 Å². The average molecular weight is 152 g/mol. The summed E-state index contributed by atoms with van der Waals surface area (Å²) < 4.78 is 0. The lowest BCUT2D eigenvalue weighted by molar-refractivity contribution is 0.396. The van der Waals surface area contributed by atoms with E-state index in [1.807, 2.05) is 0 Å². The van der Waals surface area contributed by atoms with Gasteiger partial charge in [0.1, 0.15) is 0 Å². The van der Waals surface area contributed by atoms with E-state index in [2.05, 4.69) is 20.8 Å². The van der Waals surface area contributed by atoms with E-state index in [0.29, 0.717) is 0 Å². The third-order valence-electron chi connectivity index (χ3n) is 2.99. The van der Waals surface area contributed by atoms with Gasteiger partial charge in [-0.2, -0.15) is 0 Å². The molecule has 1 saturated carbocycles. The van der Waals surface area contributed by atoms with Gasteiger partial charge in [0.05, 0.1) is 0 Å². The SMILES string of the molecule is CCC1CCC(=C(C)C)CC1. The second kappa shape index (κ2) is 3.94. The molecule has 0 aromatic rings. The zero-order valence-electron chi connectivity index (χ0n) is 8.11. The molecule has 0 radical (unpaired) electrons. The monoisotopic (exact) mass is 152 g/mol. The Hall–Kier alpha value is -0.260. The first kappa shape index (κ1) is 8.83. The summed E-state index contributed by atoms with van der Waals surface area (Å²) in [6.45, 7) is 6.82. The summed E-state index contributed by atoms with van der Waals surface area (Å²) in [5.41, 5.74) is 3.30. The zero-order valence-corrected chi connectivity index (χ0v) is 8.11. The van der Waals surface area contributed by atoms with Gasteiger partial charge in [-0.25, -0.2) is 0 Å². The maximum atomic E-state index is 2.32. The molecular formula is C11H20. The van der Waals surface area contributed by atoms with Crippen LogP contribution in [-0.2, 0) is 0 Å². The molecule has 0 spiro atoms. The Bertz CT molecular complexity index is 139. The van der Waals surface area contributed by atoms with Crippen molar-refractivity contribution in [3.63, 3.8) is 0 Å². The van der Waals surface area contributed by atoms with Crippen molar-refractivity contribution in [3.05, 3.63) is 11.1 Å². The lowest BCUT2D eigenvalue weighted by Crippen LogP contribution is -2.07. The molecule has 1 aliphatic rings. The minimum atomic E-state index is 1.03. The third-order valence-corrected chi connectivity index (χ3v) is 2.99. The van der Waals surface area contributed by atoms with Crippen molar-refractivity contribution in [2.45, 2.75) is 52.9 Å². The van der Waals surface area contributed by atoms with Gasteiger partial charge in [0.15, 0.2) is 0 Å². The summed E-state index contributed by atoms with van der Waals surface area (Å²) in [7, 11) is 0. The van der Waals surface area contributed by atoms with Crippen LogP contribution in [0.1, 0.15) is 52.9 Å². The van der Waals surface area contributed by atoms with Gasteiger partial charge in [0, 0.05) is 0 Å². The van der Waals surface area contributed by atoms with Crippen LogP contribution >= 0.6 is 0 Å². The van der Waals surface area contributed by atoms with Gasteiger partial charge in [-0.3, -0.25) is 0 Å². The van der Waals surface area contributed by atoms with Crippen LogP contribution in [0.5, 0.6) is 0 Å². The van der Waals surface area contributed by atoms with Crippen molar-refractivity contribution in [2.24, 2.45) is 5.92 Å². The lowest BCUT2D eigenvalue weighted by Gasteiger charge is -2.23. The molecule has 0 aromatic heterocycles. The number of allylic oxidation sites excluding steroid dienone is 2. The largest absolute Gasteiger partial charge is 0.0772 e. The van der Waals surface area contributed by atoms with Crippen molar-refractivity contribution < 1.29 is 0 Å². The molecule has 0 bridgehead atoms. The topological polar surface area (TPSA) is 0 Å². The van der Waals surface area contributed by atoms with Crippen LogP contribution in [0.15, 0.2) is 11.1 Å². The lowest BCUT2D eigenvalue weighted by atomic mass is 9.83. The molecule has 0 N–H and O–H groups in total. The van der Waals surface area contributed by atoms with Gasteiger partial charge in [0.2, 0.25) is 0 Å². The van der Waals surface area contributed by atoms with E-state index in [4.69, 9.17) is 0 Å². The van der Waals surface area contributed by atoms with Gasteiger partial charge < -0.3 is 0 Å². The van der Waals surface area contributed by atoms with E-state index < -0.39 is 0 Å². The smallest absolute Gasteiger partial charge is 0.0315 e. The van der Waals surface area contributed by atoms with E-state index in [1.54, 1.807) is 11.1 Å². The molecule has 64 valence electrons. The third kappa shape index (κ3) is 2.36. The molecule has 11 heavy (non-hydrogen) atoms. The van der Waals surface area contributed by atoms with Crippen LogP contribution in [0.2, 0.25) is 0 Å². The van der Waals surface area contributed by atoms with E-state index in [-0.39, 0.29) is 0 Å². The van der Waals surface area contributed by atoms with Crippen LogP contribution in [0.4, 0.5) is 0 Å². The first-order valence-electron chi connectivity index (χ1n) is 4.89. The Labute approximate surface area is 70.7 Å². The summed E-state index contributed by atoms with van der Waals surface area (Å²) in [6, 6.07) is 0. The maximum absolute atomic E-state index is 2.32. The fourth-order valence-corrected chi connectivity index (χ4v) is 1.93. The molecule has 1 aliphatic carbocycles. The molecule has 1 rings (SSSR count). The molecule has 0 nitrogen and oxygen atoms in total. The number of hydrogen-bond acceptors (Lipinski definition) is 0. The molecular weight excluding hydrogens is 132 g/mol. The Morgan fingerprint density at radius 3 is 2.18 bits per heavy atom. The quantitative estimate of drug-likeness (QED) is 0.499. The summed E-state index contributed by atoms with van der Waals surface area (Å²) in [4.78, 5) is 0. The Morgan fingerprint density at radius 2 is 1.82 bits per heavy atom. The van der Waals surface area contributed by atoms with Crippen molar-refractivity contribution in [1.29, 1.82) is 0 Å². The number of hydrogen-bond donors (Lipinski definition) is 0. The second-order valence-corrected chi connectivity index (χ2v) is 3.96. The summed E-state index contributed by atoms with van der Waals surface area (Å²) in [5.74, 6) is 1.03. The van der Waals surface area contributed by atoms with Crippen molar-refractivity contribution in [3.8, 4) is 0 Å². The Morgan fingerprint density at radius 1 is 1.27 bits per heavy atom. The first-order valence-corrected chi connectivity index (χ1v) is 4.89. The Kier molecular flexibility index (Phi) is 3.16. The van der Waals surface area contributed by atoms with Crippen LogP contribution < -0.4 is 0 Å². The predicted molar refractivity (Wildman–Crippen MR) is 50.6 cm³/mol. The average Bonchev–Trinajstić information content (AvgIpc) is 2.05. The van der Waals surface area contributed by atoms with Crippen LogP contribution in [0.25, 0.3) is 0 Å². The molecule has 1 fully saturated rings. The van der Waals surface area contributed by atoms with E-state index >= 15 is 0 Å². The van der Waals surface area contributed by atoms with Crippen molar-refractivity contribution in [1.82, 2.24) is 0 Å². The number of rotatable bonds is 1. The molecule has 0 heterocycles. The normalized spacial score (nSPS) is 25.4. The molecule has 0 atom stereocenters. The summed E-state index contributed by atoms with van der Waals surface area (Å²) in [6.07, 6.45) is 7.02. The van der Waals surface area contributed by atoms with Crippen LogP contribution in [0.3, 0.4) is 0 Å². The maximum Gasteiger partial charge on any atom is -0.0315 e. The van der Waals surface area contributed by atoms with E-state index in [9.17, 15) is 0 Å². The zero-order chi connectivity index (χ0) is 8.27. The minimum Gasteiger partial charge on any atom is -0.0772 e. The van der Waals surface area contributed by atoms with Gasteiger partial charge >= 0.3 is 0 Å². The molecule has 0 aliphatic heterocycles.